The fraction of sp³-hybridized carbons (Fsp3) is 0.923. The molecule has 94 valence electrons. The van der Waals surface area contributed by atoms with Gasteiger partial charge in [0.05, 0.1) is 13.7 Å². The Morgan fingerprint density at radius 3 is 2.75 bits per heavy atom. The van der Waals surface area contributed by atoms with Crippen LogP contribution in [0, 0.1) is 17.3 Å². The molecule has 3 nitrogen and oxygen atoms in total. The molecule has 0 bridgehead atoms. The van der Waals surface area contributed by atoms with Crippen LogP contribution in [0.5, 0.6) is 0 Å². The minimum atomic E-state index is -0.568. The van der Waals surface area contributed by atoms with E-state index in [4.69, 9.17) is 4.74 Å². The van der Waals surface area contributed by atoms with Crippen LogP contribution in [0.4, 0.5) is 4.79 Å². The first-order chi connectivity index (χ1) is 7.44. The second kappa shape index (κ2) is 5.55. The molecule has 0 aromatic rings. The van der Waals surface area contributed by atoms with Gasteiger partial charge in [0.1, 0.15) is 0 Å². The molecule has 0 aromatic heterocycles. The molecule has 0 amide bonds. The van der Waals surface area contributed by atoms with Crippen molar-refractivity contribution < 1.29 is 14.3 Å². The summed E-state index contributed by atoms with van der Waals surface area (Å²) in [6.07, 6.45) is 4.53. The maximum atomic E-state index is 10.9. The van der Waals surface area contributed by atoms with Gasteiger partial charge in [0, 0.05) is 0 Å². The Balaban J connectivity index is 2.35. The summed E-state index contributed by atoms with van der Waals surface area (Å²) in [6.45, 7) is 7.29. The highest BCUT2D eigenvalue weighted by atomic mass is 16.7. The number of rotatable bonds is 3. The van der Waals surface area contributed by atoms with E-state index in [-0.39, 0.29) is 0 Å². The minimum absolute atomic E-state index is 0.429. The lowest BCUT2D eigenvalue weighted by Gasteiger charge is -2.37. The van der Waals surface area contributed by atoms with Crippen LogP contribution in [0.15, 0.2) is 0 Å². The Morgan fingerprint density at radius 2 is 2.19 bits per heavy atom. The van der Waals surface area contributed by atoms with Gasteiger partial charge in [-0.15, -0.1) is 0 Å². The summed E-state index contributed by atoms with van der Waals surface area (Å²) in [4.78, 5) is 10.9. The SMILES string of the molecule is COC(=O)OCC(C)C1CCCC(C)(C)C1. The molecule has 2 atom stereocenters. The van der Waals surface area contributed by atoms with Crippen molar-refractivity contribution in [1.82, 2.24) is 0 Å². The van der Waals surface area contributed by atoms with Crippen LogP contribution in [0.2, 0.25) is 0 Å². The summed E-state index contributed by atoms with van der Waals surface area (Å²) in [5, 5.41) is 0. The van der Waals surface area contributed by atoms with Gasteiger partial charge in [-0.25, -0.2) is 4.79 Å². The molecule has 1 aliphatic carbocycles. The average Bonchev–Trinajstić information content (AvgIpc) is 2.23. The Morgan fingerprint density at radius 1 is 1.50 bits per heavy atom. The average molecular weight is 228 g/mol. The molecular formula is C13H24O3. The summed E-state index contributed by atoms with van der Waals surface area (Å²) in [5.74, 6) is 1.10. The quantitative estimate of drug-likeness (QED) is 0.692. The summed E-state index contributed by atoms with van der Waals surface area (Å²) in [6, 6.07) is 0. The standard InChI is InChI=1S/C13H24O3/c1-10(9-16-12(14)15-4)11-6-5-7-13(2,3)8-11/h10-11H,5-9H2,1-4H3. The van der Waals surface area contributed by atoms with E-state index in [9.17, 15) is 4.79 Å². The molecule has 0 spiro atoms. The number of methoxy groups -OCH3 is 1. The third kappa shape index (κ3) is 4.03. The van der Waals surface area contributed by atoms with Crippen molar-refractivity contribution >= 4 is 6.16 Å². The molecule has 0 saturated heterocycles. The van der Waals surface area contributed by atoms with E-state index in [2.05, 4.69) is 25.5 Å². The van der Waals surface area contributed by atoms with Crippen LogP contribution >= 0.6 is 0 Å². The summed E-state index contributed by atoms with van der Waals surface area (Å²) >= 11 is 0. The first-order valence-corrected chi connectivity index (χ1v) is 6.15. The van der Waals surface area contributed by atoms with Gasteiger partial charge >= 0.3 is 6.16 Å². The zero-order valence-electron chi connectivity index (χ0n) is 10.9. The molecule has 16 heavy (non-hydrogen) atoms. The van der Waals surface area contributed by atoms with E-state index in [0.29, 0.717) is 23.9 Å². The summed E-state index contributed by atoms with van der Waals surface area (Å²) in [5.41, 5.74) is 0.447. The van der Waals surface area contributed by atoms with Crippen molar-refractivity contribution in [2.45, 2.75) is 46.5 Å². The van der Waals surface area contributed by atoms with E-state index in [0.717, 1.165) is 0 Å². The zero-order chi connectivity index (χ0) is 12.2. The van der Waals surface area contributed by atoms with Gasteiger partial charge in [0.2, 0.25) is 0 Å². The minimum Gasteiger partial charge on any atom is -0.438 e. The van der Waals surface area contributed by atoms with Crippen LogP contribution in [0.1, 0.15) is 46.5 Å². The number of carbonyl (C=O) groups is 1. The van der Waals surface area contributed by atoms with Gasteiger partial charge in [-0.3, -0.25) is 0 Å². The largest absolute Gasteiger partial charge is 0.507 e. The van der Waals surface area contributed by atoms with Crippen LogP contribution in [0.25, 0.3) is 0 Å². The third-order valence-electron chi connectivity index (χ3n) is 3.68. The number of carbonyl (C=O) groups excluding carboxylic acids is 1. The van der Waals surface area contributed by atoms with Crippen molar-refractivity contribution in [2.24, 2.45) is 17.3 Å². The molecule has 2 unspecified atom stereocenters. The first-order valence-electron chi connectivity index (χ1n) is 6.15. The lowest BCUT2D eigenvalue weighted by molar-refractivity contribution is 0.0410. The molecule has 0 radical (unpaired) electrons. The van der Waals surface area contributed by atoms with Gasteiger partial charge in [-0.05, 0) is 30.1 Å². The molecule has 0 N–H and O–H groups in total. The van der Waals surface area contributed by atoms with E-state index in [1.165, 1.54) is 32.8 Å². The zero-order valence-corrected chi connectivity index (χ0v) is 10.9. The molecule has 1 saturated carbocycles. The first kappa shape index (κ1) is 13.3. The molecule has 0 aliphatic heterocycles. The predicted octanol–water partition coefficient (Wildman–Crippen LogP) is 3.62. The topological polar surface area (TPSA) is 35.5 Å². The molecule has 1 rings (SSSR count). The lowest BCUT2D eigenvalue weighted by Crippen LogP contribution is -2.29. The Bertz CT molecular complexity index is 235. The highest BCUT2D eigenvalue weighted by Crippen LogP contribution is 2.41. The van der Waals surface area contributed by atoms with E-state index >= 15 is 0 Å². The van der Waals surface area contributed by atoms with Crippen LogP contribution in [-0.2, 0) is 9.47 Å². The van der Waals surface area contributed by atoms with Gasteiger partial charge in [0.25, 0.3) is 0 Å². The highest BCUT2D eigenvalue weighted by Gasteiger charge is 2.31. The van der Waals surface area contributed by atoms with Crippen LogP contribution in [0.3, 0.4) is 0 Å². The van der Waals surface area contributed by atoms with Gasteiger partial charge in [0.15, 0.2) is 0 Å². The van der Waals surface area contributed by atoms with Crippen molar-refractivity contribution in [2.75, 3.05) is 13.7 Å². The van der Waals surface area contributed by atoms with Gasteiger partial charge in [-0.2, -0.15) is 0 Å². The summed E-state index contributed by atoms with van der Waals surface area (Å²) in [7, 11) is 1.34. The molecule has 0 heterocycles. The summed E-state index contributed by atoms with van der Waals surface area (Å²) < 4.78 is 9.48. The second-order valence-electron chi connectivity index (χ2n) is 5.76. The maximum absolute atomic E-state index is 10.9. The molecule has 0 aromatic carbocycles. The molecule has 3 heteroatoms. The van der Waals surface area contributed by atoms with Crippen molar-refractivity contribution in [3.63, 3.8) is 0 Å². The van der Waals surface area contributed by atoms with Crippen LogP contribution in [-0.4, -0.2) is 19.9 Å². The van der Waals surface area contributed by atoms with E-state index < -0.39 is 6.16 Å². The van der Waals surface area contributed by atoms with Crippen molar-refractivity contribution in [3.05, 3.63) is 0 Å². The second-order valence-corrected chi connectivity index (χ2v) is 5.76. The molecular weight excluding hydrogens is 204 g/mol. The normalized spacial score (nSPS) is 25.9. The number of hydrogen-bond donors (Lipinski definition) is 0. The maximum Gasteiger partial charge on any atom is 0.507 e. The lowest BCUT2D eigenvalue weighted by atomic mass is 9.69. The highest BCUT2D eigenvalue weighted by molar-refractivity contribution is 5.59. The fourth-order valence-electron chi connectivity index (χ4n) is 2.64. The smallest absolute Gasteiger partial charge is 0.438 e. The Kier molecular flexibility index (Phi) is 4.63. The van der Waals surface area contributed by atoms with Gasteiger partial charge < -0.3 is 9.47 Å². The number of ether oxygens (including phenoxy) is 2. The monoisotopic (exact) mass is 228 g/mol. The van der Waals surface area contributed by atoms with Crippen molar-refractivity contribution in [3.8, 4) is 0 Å². The fourth-order valence-corrected chi connectivity index (χ4v) is 2.64. The van der Waals surface area contributed by atoms with Crippen molar-refractivity contribution in [1.29, 1.82) is 0 Å². The van der Waals surface area contributed by atoms with E-state index in [1.54, 1.807) is 0 Å². The number of hydrogen-bond acceptors (Lipinski definition) is 3. The Labute approximate surface area is 98.5 Å². The third-order valence-corrected chi connectivity index (χ3v) is 3.68. The van der Waals surface area contributed by atoms with Crippen LogP contribution < -0.4 is 0 Å². The Hall–Kier alpha value is -0.730. The molecule has 1 aliphatic rings. The predicted molar refractivity (Wildman–Crippen MR) is 63.3 cm³/mol. The van der Waals surface area contributed by atoms with E-state index in [1.807, 2.05) is 0 Å². The molecule has 1 fully saturated rings. The van der Waals surface area contributed by atoms with Gasteiger partial charge in [-0.1, -0.05) is 33.6 Å².